The van der Waals surface area contributed by atoms with Gasteiger partial charge in [-0.3, -0.25) is 0 Å². The average Bonchev–Trinajstić information content (AvgIpc) is 2.82. The van der Waals surface area contributed by atoms with Crippen molar-refractivity contribution in [2.75, 3.05) is 40.0 Å². The Bertz CT molecular complexity index is 616. The Balaban J connectivity index is 2.31. The van der Waals surface area contributed by atoms with Crippen molar-refractivity contribution in [3.63, 3.8) is 0 Å². The molecule has 2 unspecified atom stereocenters. The fourth-order valence-electron chi connectivity index (χ4n) is 2.78. The van der Waals surface area contributed by atoms with Crippen molar-refractivity contribution in [2.24, 2.45) is 5.92 Å². The van der Waals surface area contributed by atoms with E-state index in [1.807, 2.05) is 14.1 Å². The monoisotopic (exact) mass is 313 g/mol. The highest BCUT2D eigenvalue weighted by Crippen LogP contribution is 2.30. The standard InChI is InChI=1S/C14H23N3O3S/c1-10-8-17(9-13(10)16(2)3)21(18,19)11-5-6-12(15)14(7-11)20-4/h5-7,10,13H,8-9,15H2,1-4H3. The van der Waals surface area contributed by atoms with E-state index in [0.717, 1.165) is 0 Å². The molecule has 1 fully saturated rings. The second-order valence-electron chi connectivity index (χ2n) is 5.73. The quantitative estimate of drug-likeness (QED) is 0.834. The molecule has 1 saturated heterocycles. The first-order valence-electron chi connectivity index (χ1n) is 6.87. The molecule has 0 aliphatic carbocycles. The second-order valence-corrected chi connectivity index (χ2v) is 7.67. The molecule has 2 rings (SSSR count). The Hall–Kier alpha value is -1.31. The molecule has 0 saturated carbocycles. The highest BCUT2D eigenvalue weighted by molar-refractivity contribution is 7.89. The van der Waals surface area contributed by atoms with Crippen molar-refractivity contribution < 1.29 is 13.2 Å². The lowest BCUT2D eigenvalue weighted by Gasteiger charge is -2.22. The molecule has 0 amide bonds. The molecule has 1 aliphatic rings. The summed E-state index contributed by atoms with van der Waals surface area (Å²) in [6.07, 6.45) is 0. The summed E-state index contributed by atoms with van der Waals surface area (Å²) in [5, 5.41) is 0. The molecule has 0 bridgehead atoms. The summed E-state index contributed by atoms with van der Waals surface area (Å²) in [5.74, 6) is 0.679. The van der Waals surface area contributed by atoms with Crippen LogP contribution in [0.5, 0.6) is 5.75 Å². The Morgan fingerprint density at radius 2 is 2.00 bits per heavy atom. The number of nitrogen functional groups attached to an aromatic ring is 1. The molecule has 1 aromatic carbocycles. The number of benzene rings is 1. The summed E-state index contributed by atoms with van der Waals surface area (Å²) in [5.41, 5.74) is 6.17. The van der Waals surface area contributed by atoms with E-state index in [-0.39, 0.29) is 10.9 Å². The zero-order valence-electron chi connectivity index (χ0n) is 12.9. The van der Waals surface area contributed by atoms with Crippen LogP contribution in [-0.2, 0) is 10.0 Å². The largest absolute Gasteiger partial charge is 0.495 e. The molecular formula is C14H23N3O3S. The van der Waals surface area contributed by atoms with Crippen LogP contribution in [0.3, 0.4) is 0 Å². The maximum absolute atomic E-state index is 12.7. The topological polar surface area (TPSA) is 75.9 Å². The highest BCUT2D eigenvalue weighted by Gasteiger charge is 2.38. The fourth-order valence-corrected chi connectivity index (χ4v) is 4.35. The van der Waals surface area contributed by atoms with Crippen LogP contribution in [0, 0.1) is 5.92 Å². The minimum absolute atomic E-state index is 0.222. The third-order valence-electron chi connectivity index (χ3n) is 4.05. The number of likely N-dealkylation sites (N-methyl/N-ethyl adjacent to an activating group) is 1. The minimum atomic E-state index is -3.52. The molecule has 2 N–H and O–H groups in total. The number of anilines is 1. The molecule has 0 spiro atoms. The maximum Gasteiger partial charge on any atom is 0.243 e. The molecule has 6 nitrogen and oxygen atoms in total. The van der Waals surface area contributed by atoms with Crippen molar-refractivity contribution in [3.8, 4) is 5.75 Å². The van der Waals surface area contributed by atoms with Gasteiger partial charge in [0.1, 0.15) is 5.75 Å². The number of ether oxygens (including phenoxy) is 1. The van der Waals surface area contributed by atoms with Gasteiger partial charge in [-0.25, -0.2) is 8.42 Å². The smallest absolute Gasteiger partial charge is 0.243 e. The summed E-state index contributed by atoms with van der Waals surface area (Å²) < 4.78 is 32.1. The molecule has 2 atom stereocenters. The molecule has 118 valence electrons. The summed E-state index contributed by atoms with van der Waals surface area (Å²) >= 11 is 0. The Morgan fingerprint density at radius 3 is 2.52 bits per heavy atom. The first kappa shape index (κ1) is 16.1. The third kappa shape index (κ3) is 3.00. The average molecular weight is 313 g/mol. The van der Waals surface area contributed by atoms with Gasteiger partial charge in [-0.1, -0.05) is 6.92 Å². The lowest BCUT2D eigenvalue weighted by molar-refractivity contribution is 0.263. The van der Waals surface area contributed by atoms with E-state index < -0.39 is 10.0 Å². The minimum Gasteiger partial charge on any atom is -0.495 e. The molecule has 21 heavy (non-hydrogen) atoms. The van der Waals surface area contributed by atoms with E-state index in [9.17, 15) is 8.42 Å². The van der Waals surface area contributed by atoms with Crippen molar-refractivity contribution >= 4 is 15.7 Å². The molecule has 1 aromatic rings. The summed E-state index contributed by atoms with van der Waals surface area (Å²) in [6, 6.07) is 4.81. The highest BCUT2D eigenvalue weighted by atomic mass is 32.2. The van der Waals surface area contributed by atoms with Gasteiger partial charge in [0, 0.05) is 25.2 Å². The first-order valence-corrected chi connectivity index (χ1v) is 8.31. The van der Waals surface area contributed by atoms with E-state index in [0.29, 0.717) is 30.4 Å². The van der Waals surface area contributed by atoms with Crippen LogP contribution in [0.4, 0.5) is 5.69 Å². The van der Waals surface area contributed by atoms with E-state index in [1.54, 1.807) is 6.07 Å². The lowest BCUT2D eigenvalue weighted by Crippen LogP contribution is -2.35. The third-order valence-corrected chi connectivity index (χ3v) is 5.87. The summed E-state index contributed by atoms with van der Waals surface area (Å²) in [6.45, 7) is 3.10. The Labute approximate surface area is 126 Å². The van der Waals surface area contributed by atoms with Crippen molar-refractivity contribution in [2.45, 2.75) is 17.9 Å². The van der Waals surface area contributed by atoms with Gasteiger partial charge in [-0.05, 0) is 32.1 Å². The van der Waals surface area contributed by atoms with Crippen molar-refractivity contribution in [3.05, 3.63) is 18.2 Å². The molecule has 7 heteroatoms. The van der Waals surface area contributed by atoms with E-state index in [2.05, 4.69) is 11.8 Å². The Kier molecular flexibility index (Phi) is 4.46. The van der Waals surface area contributed by atoms with E-state index in [1.165, 1.54) is 23.5 Å². The van der Waals surface area contributed by atoms with E-state index >= 15 is 0 Å². The van der Waals surface area contributed by atoms with Gasteiger partial charge in [0.15, 0.2) is 0 Å². The van der Waals surface area contributed by atoms with Crippen LogP contribution >= 0.6 is 0 Å². The van der Waals surface area contributed by atoms with E-state index in [4.69, 9.17) is 10.5 Å². The summed E-state index contributed by atoms with van der Waals surface area (Å²) in [7, 11) is 1.91. The van der Waals surface area contributed by atoms with Crippen LogP contribution < -0.4 is 10.5 Å². The summed E-state index contributed by atoms with van der Waals surface area (Å²) in [4.78, 5) is 2.30. The van der Waals surface area contributed by atoms with Crippen LogP contribution in [0.15, 0.2) is 23.1 Å². The number of sulfonamides is 1. The van der Waals surface area contributed by atoms with Gasteiger partial charge >= 0.3 is 0 Å². The second kappa shape index (κ2) is 5.82. The van der Waals surface area contributed by atoms with Crippen LogP contribution in [0.1, 0.15) is 6.92 Å². The van der Waals surface area contributed by atoms with Gasteiger partial charge in [0.2, 0.25) is 10.0 Å². The molecule has 1 heterocycles. The predicted molar refractivity (Wildman–Crippen MR) is 82.8 cm³/mol. The van der Waals surface area contributed by atoms with Crippen molar-refractivity contribution in [1.29, 1.82) is 0 Å². The molecule has 0 aromatic heterocycles. The van der Waals surface area contributed by atoms with Crippen molar-refractivity contribution in [1.82, 2.24) is 9.21 Å². The number of rotatable bonds is 4. The number of nitrogens with zero attached hydrogens (tertiary/aromatic N) is 2. The predicted octanol–water partition coefficient (Wildman–Crippen LogP) is 0.848. The maximum atomic E-state index is 12.7. The van der Waals surface area contributed by atoms with Crippen LogP contribution in [-0.4, -0.2) is 58.0 Å². The molecule has 0 radical (unpaired) electrons. The van der Waals surface area contributed by atoms with Crippen LogP contribution in [0.25, 0.3) is 0 Å². The number of methoxy groups -OCH3 is 1. The molecule has 1 aliphatic heterocycles. The number of nitrogens with two attached hydrogens (primary N) is 1. The zero-order valence-corrected chi connectivity index (χ0v) is 13.7. The van der Waals surface area contributed by atoms with Gasteiger partial charge in [0.05, 0.1) is 17.7 Å². The zero-order chi connectivity index (χ0) is 15.8. The van der Waals surface area contributed by atoms with Gasteiger partial charge < -0.3 is 15.4 Å². The fraction of sp³-hybridized carbons (Fsp3) is 0.571. The lowest BCUT2D eigenvalue weighted by atomic mass is 10.1. The van der Waals surface area contributed by atoms with Gasteiger partial charge in [0.25, 0.3) is 0 Å². The SMILES string of the molecule is COc1cc(S(=O)(=O)N2CC(C)C(N(C)C)C2)ccc1N. The normalized spacial score (nSPS) is 23.7. The van der Waals surface area contributed by atoms with Crippen LogP contribution in [0.2, 0.25) is 0 Å². The molecular weight excluding hydrogens is 290 g/mol. The van der Waals surface area contributed by atoms with Gasteiger partial charge in [-0.2, -0.15) is 4.31 Å². The Morgan fingerprint density at radius 1 is 1.33 bits per heavy atom. The number of hydrogen-bond acceptors (Lipinski definition) is 5. The van der Waals surface area contributed by atoms with Gasteiger partial charge in [-0.15, -0.1) is 0 Å². The number of hydrogen-bond donors (Lipinski definition) is 1. The first-order chi connectivity index (χ1) is 9.77.